The summed E-state index contributed by atoms with van der Waals surface area (Å²) in [6.45, 7) is 0. The van der Waals surface area contributed by atoms with Gasteiger partial charge in [0.15, 0.2) is 5.13 Å². The minimum Gasteiger partial charge on any atom is -0.378 e. The lowest BCUT2D eigenvalue weighted by atomic mass is 10.2. The van der Waals surface area contributed by atoms with Crippen molar-refractivity contribution in [3.05, 3.63) is 46.9 Å². The van der Waals surface area contributed by atoms with Gasteiger partial charge in [0.25, 0.3) is 0 Å². The highest BCUT2D eigenvalue weighted by Crippen LogP contribution is 2.30. The molecule has 0 atom stereocenters. The number of fused-ring (bicyclic) bond motifs is 1. The Hall–Kier alpha value is -1.59. The van der Waals surface area contributed by atoms with Crippen molar-refractivity contribution in [3.8, 4) is 0 Å². The molecule has 0 bridgehead atoms. The first kappa shape index (κ1) is 13.4. The molecule has 0 aliphatic carbocycles. The van der Waals surface area contributed by atoms with Crippen molar-refractivity contribution in [2.24, 2.45) is 0 Å². The van der Waals surface area contributed by atoms with E-state index in [9.17, 15) is 0 Å². The number of nitrogens with one attached hydrogen (secondary N) is 1. The number of thiazole rings is 1. The molecule has 0 unspecified atom stereocenters. The standard InChI is InChI=1S/C15H14BrN3S/c1-19(2)12-6-4-11(5-7-12)17-15-18-13-8-3-10(16)9-14(13)20-15/h3-9H,1-2H3,(H,17,18). The van der Waals surface area contributed by atoms with Gasteiger partial charge in [0.1, 0.15) is 0 Å². The summed E-state index contributed by atoms with van der Waals surface area (Å²) in [5, 5.41) is 4.27. The zero-order chi connectivity index (χ0) is 14.1. The minimum absolute atomic E-state index is 0.913. The fourth-order valence-electron chi connectivity index (χ4n) is 1.92. The van der Waals surface area contributed by atoms with Gasteiger partial charge < -0.3 is 10.2 Å². The van der Waals surface area contributed by atoms with Gasteiger partial charge in [-0.1, -0.05) is 27.3 Å². The van der Waals surface area contributed by atoms with Crippen molar-refractivity contribution >= 4 is 54.0 Å². The lowest BCUT2D eigenvalue weighted by Gasteiger charge is -2.12. The molecule has 0 saturated heterocycles. The molecule has 3 rings (SSSR count). The predicted molar refractivity (Wildman–Crippen MR) is 91.4 cm³/mol. The zero-order valence-corrected chi connectivity index (χ0v) is 13.6. The third-order valence-corrected chi connectivity index (χ3v) is 4.41. The van der Waals surface area contributed by atoms with Crippen molar-refractivity contribution in [3.63, 3.8) is 0 Å². The summed E-state index contributed by atoms with van der Waals surface area (Å²) in [5.74, 6) is 0. The van der Waals surface area contributed by atoms with Crippen molar-refractivity contribution < 1.29 is 0 Å². The van der Waals surface area contributed by atoms with Crippen LogP contribution in [0.25, 0.3) is 10.2 Å². The molecule has 1 aromatic heterocycles. The molecular formula is C15H14BrN3S. The monoisotopic (exact) mass is 347 g/mol. The van der Waals surface area contributed by atoms with E-state index in [4.69, 9.17) is 0 Å². The summed E-state index contributed by atoms with van der Waals surface area (Å²) < 4.78 is 2.25. The van der Waals surface area contributed by atoms with Crippen molar-refractivity contribution in [1.82, 2.24) is 4.98 Å². The normalized spacial score (nSPS) is 10.8. The molecule has 20 heavy (non-hydrogen) atoms. The van der Waals surface area contributed by atoms with Gasteiger partial charge in [-0.05, 0) is 42.5 Å². The lowest BCUT2D eigenvalue weighted by molar-refractivity contribution is 1.13. The Morgan fingerprint density at radius 3 is 2.55 bits per heavy atom. The first-order valence-electron chi connectivity index (χ1n) is 6.22. The second-order valence-corrected chi connectivity index (χ2v) is 6.64. The van der Waals surface area contributed by atoms with Gasteiger partial charge in [-0.3, -0.25) is 0 Å². The molecule has 0 fully saturated rings. The highest BCUT2D eigenvalue weighted by Gasteiger charge is 2.04. The number of hydrogen-bond donors (Lipinski definition) is 1. The topological polar surface area (TPSA) is 28.2 Å². The van der Waals surface area contributed by atoms with E-state index in [0.29, 0.717) is 0 Å². The zero-order valence-electron chi connectivity index (χ0n) is 11.2. The highest BCUT2D eigenvalue weighted by atomic mass is 79.9. The van der Waals surface area contributed by atoms with E-state index in [-0.39, 0.29) is 0 Å². The van der Waals surface area contributed by atoms with Gasteiger partial charge in [-0.15, -0.1) is 0 Å². The van der Waals surface area contributed by atoms with Gasteiger partial charge in [0.2, 0.25) is 0 Å². The van der Waals surface area contributed by atoms with Crippen LogP contribution in [-0.4, -0.2) is 19.1 Å². The summed E-state index contributed by atoms with van der Waals surface area (Å²) >= 11 is 5.14. The fourth-order valence-corrected chi connectivity index (χ4v) is 3.36. The third kappa shape index (κ3) is 2.78. The van der Waals surface area contributed by atoms with Gasteiger partial charge in [0.05, 0.1) is 10.2 Å². The molecule has 0 aliphatic rings. The molecular weight excluding hydrogens is 334 g/mol. The van der Waals surface area contributed by atoms with Crippen LogP contribution in [0, 0.1) is 0 Å². The fraction of sp³-hybridized carbons (Fsp3) is 0.133. The molecule has 1 heterocycles. The summed E-state index contributed by atoms with van der Waals surface area (Å²) in [6.07, 6.45) is 0. The van der Waals surface area contributed by atoms with Gasteiger partial charge in [-0.2, -0.15) is 0 Å². The van der Waals surface area contributed by atoms with Crippen LogP contribution in [0.4, 0.5) is 16.5 Å². The maximum absolute atomic E-state index is 4.58. The van der Waals surface area contributed by atoms with E-state index in [1.54, 1.807) is 11.3 Å². The Balaban J connectivity index is 1.85. The van der Waals surface area contributed by atoms with Crippen molar-refractivity contribution in [2.45, 2.75) is 0 Å². The number of anilines is 3. The largest absolute Gasteiger partial charge is 0.378 e. The second-order valence-electron chi connectivity index (χ2n) is 4.70. The van der Waals surface area contributed by atoms with Crippen LogP contribution in [0.1, 0.15) is 0 Å². The Morgan fingerprint density at radius 1 is 1.10 bits per heavy atom. The van der Waals surface area contributed by atoms with Gasteiger partial charge in [0, 0.05) is 29.9 Å². The Kier molecular flexibility index (Phi) is 3.63. The number of benzene rings is 2. The maximum Gasteiger partial charge on any atom is 0.188 e. The molecule has 0 amide bonds. The SMILES string of the molecule is CN(C)c1ccc(Nc2nc3ccc(Br)cc3s2)cc1. The molecule has 1 N–H and O–H groups in total. The molecule has 0 spiro atoms. The number of aromatic nitrogens is 1. The van der Waals surface area contributed by atoms with E-state index in [1.807, 2.05) is 26.2 Å². The van der Waals surface area contributed by atoms with Crippen molar-refractivity contribution in [2.75, 3.05) is 24.3 Å². The van der Waals surface area contributed by atoms with Crippen LogP contribution in [0.5, 0.6) is 0 Å². The van der Waals surface area contributed by atoms with E-state index in [2.05, 4.69) is 61.5 Å². The summed E-state index contributed by atoms with van der Waals surface area (Å²) in [7, 11) is 4.07. The van der Waals surface area contributed by atoms with Gasteiger partial charge >= 0.3 is 0 Å². The molecule has 3 aromatic rings. The number of nitrogens with zero attached hydrogens (tertiary/aromatic N) is 2. The van der Waals surface area contributed by atoms with Crippen LogP contribution in [0.3, 0.4) is 0 Å². The smallest absolute Gasteiger partial charge is 0.188 e. The predicted octanol–water partition coefficient (Wildman–Crippen LogP) is 4.87. The maximum atomic E-state index is 4.58. The van der Waals surface area contributed by atoms with E-state index in [1.165, 1.54) is 10.4 Å². The Bertz CT molecular complexity index is 734. The lowest BCUT2D eigenvalue weighted by Crippen LogP contribution is -2.08. The summed E-state index contributed by atoms with van der Waals surface area (Å²) in [6, 6.07) is 14.4. The second kappa shape index (κ2) is 5.42. The molecule has 0 saturated carbocycles. The molecule has 5 heteroatoms. The van der Waals surface area contributed by atoms with Crippen LogP contribution >= 0.6 is 27.3 Å². The average molecular weight is 348 g/mol. The first-order valence-corrected chi connectivity index (χ1v) is 7.83. The van der Waals surface area contributed by atoms with E-state index < -0.39 is 0 Å². The van der Waals surface area contributed by atoms with Gasteiger partial charge in [-0.25, -0.2) is 4.98 Å². The molecule has 102 valence electrons. The molecule has 0 radical (unpaired) electrons. The van der Waals surface area contributed by atoms with E-state index in [0.717, 1.165) is 20.8 Å². The summed E-state index contributed by atoms with van der Waals surface area (Å²) in [5.41, 5.74) is 3.25. The number of hydrogen-bond acceptors (Lipinski definition) is 4. The highest BCUT2D eigenvalue weighted by molar-refractivity contribution is 9.10. The van der Waals surface area contributed by atoms with E-state index >= 15 is 0 Å². The molecule has 3 nitrogen and oxygen atoms in total. The molecule has 0 aliphatic heterocycles. The average Bonchev–Trinajstić information content (AvgIpc) is 2.80. The summed E-state index contributed by atoms with van der Waals surface area (Å²) in [4.78, 5) is 6.67. The van der Waals surface area contributed by atoms with Crippen LogP contribution in [0.2, 0.25) is 0 Å². The van der Waals surface area contributed by atoms with Crippen LogP contribution < -0.4 is 10.2 Å². The van der Waals surface area contributed by atoms with Crippen molar-refractivity contribution in [1.29, 1.82) is 0 Å². The quantitative estimate of drug-likeness (QED) is 0.732. The minimum atomic E-state index is 0.913. The Morgan fingerprint density at radius 2 is 1.85 bits per heavy atom. The first-order chi connectivity index (χ1) is 9.61. The van der Waals surface area contributed by atoms with Crippen LogP contribution in [0.15, 0.2) is 46.9 Å². The molecule has 2 aromatic carbocycles. The third-order valence-electron chi connectivity index (χ3n) is 2.99. The number of rotatable bonds is 3. The van der Waals surface area contributed by atoms with Crippen LogP contribution in [-0.2, 0) is 0 Å². The Labute approximate surface area is 130 Å². The number of halogens is 1.